The average Bonchev–Trinajstić information content (AvgIpc) is 2.93. The van der Waals surface area contributed by atoms with Crippen molar-refractivity contribution in [1.82, 2.24) is 14.9 Å². The van der Waals surface area contributed by atoms with Crippen molar-refractivity contribution in [3.8, 4) is 5.75 Å². The van der Waals surface area contributed by atoms with Gasteiger partial charge in [-0.3, -0.25) is 4.79 Å². The first-order valence-corrected chi connectivity index (χ1v) is 9.22. The number of benzene rings is 1. The quantitative estimate of drug-likeness (QED) is 0.537. The highest BCUT2D eigenvalue weighted by Gasteiger charge is 2.20. The Balaban J connectivity index is 2.04. The van der Waals surface area contributed by atoms with E-state index in [9.17, 15) is 4.79 Å². The molecule has 7 nitrogen and oxygen atoms in total. The van der Waals surface area contributed by atoms with Gasteiger partial charge in [0.1, 0.15) is 5.75 Å². The average molecular weight is 384 g/mol. The van der Waals surface area contributed by atoms with Crippen LogP contribution in [-0.2, 0) is 11.2 Å². The van der Waals surface area contributed by atoms with E-state index in [1.54, 1.807) is 25.1 Å². The summed E-state index contributed by atoms with van der Waals surface area (Å²) in [7, 11) is 1.53. The molecule has 1 heterocycles. The van der Waals surface area contributed by atoms with Crippen molar-refractivity contribution in [3.63, 3.8) is 0 Å². The highest BCUT2D eigenvalue weighted by Crippen LogP contribution is 2.29. The Hall–Kier alpha value is -1.93. The molecule has 2 rings (SSSR count). The molecule has 0 aliphatic heterocycles. The van der Waals surface area contributed by atoms with Gasteiger partial charge in [-0.05, 0) is 31.5 Å². The number of nitrogens with two attached hydrogens (primary N) is 1. The van der Waals surface area contributed by atoms with Gasteiger partial charge in [0.25, 0.3) is 0 Å². The highest BCUT2D eigenvalue weighted by atomic mass is 35.5. The molecule has 1 aromatic heterocycles. The van der Waals surface area contributed by atoms with Crippen LogP contribution in [0.3, 0.4) is 0 Å². The van der Waals surface area contributed by atoms with Crippen molar-refractivity contribution in [2.24, 2.45) is 0 Å². The number of amides is 1. The molecule has 1 atom stereocenters. The Morgan fingerprint density at radius 2 is 2.24 bits per heavy atom. The zero-order chi connectivity index (χ0) is 18.4. The molecule has 0 aliphatic carbocycles. The maximum absolute atomic E-state index is 12.5. The van der Waals surface area contributed by atoms with Crippen LogP contribution in [0.15, 0.2) is 23.4 Å². The lowest BCUT2D eigenvalue weighted by Crippen LogP contribution is -2.24. The monoisotopic (exact) mass is 383 g/mol. The predicted octanol–water partition coefficient (Wildman–Crippen LogP) is 3.12. The number of anilines is 1. The van der Waals surface area contributed by atoms with Gasteiger partial charge in [-0.2, -0.15) is 0 Å². The number of carbonyl (C=O) groups excluding carboxylic acids is 1. The zero-order valence-corrected chi connectivity index (χ0v) is 16.0. The summed E-state index contributed by atoms with van der Waals surface area (Å²) >= 11 is 7.23. The number of carbonyl (C=O) groups is 1. The van der Waals surface area contributed by atoms with Gasteiger partial charge in [0, 0.05) is 11.4 Å². The van der Waals surface area contributed by atoms with Gasteiger partial charge in [0.2, 0.25) is 11.1 Å². The van der Waals surface area contributed by atoms with Gasteiger partial charge in [-0.25, -0.2) is 4.68 Å². The molecule has 0 aliphatic rings. The fraction of sp³-hybridized carbons (Fsp3) is 0.438. The summed E-state index contributed by atoms with van der Waals surface area (Å²) in [5.74, 6) is 7.06. The van der Waals surface area contributed by atoms with E-state index in [0.29, 0.717) is 27.4 Å². The normalized spacial score (nSPS) is 12.0. The molecular formula is C16H22ClN5O2S. The lowest BCUT2D eigenvalue weighted by molar-refractivity contribution is -0.115. The highest BCUT2D eigenvalue weighted by molar-refractivity contribution is 8.00. The standard InChI is InChI=1S/C16H22ClN5O2S/c1-4-5-6-14-20-21-16(22(14)18)25-10(2)15(23)19-12-9-11(17)7-8-13(12)24-3/h7-10H,4-6,18H2,1-3H3,(H,19,23)/t10-/m0/s1. The van der Waals surface area contributed by atoms with Crippen LogP contribution in [0, 0.1) is 0 Å². The van der Waals surface area contributed by atoms with E-state index in [1.807, 2.05) is 0 Å². The molecule has 1 aromatic carbocycles. The van der Waals surface area contributed by atoms with Crippen LogP contribution in [0.5, 0.6) is 5.75 Å². The summed E-state index contributed by atoms with van der Waals surface area (Å²) in [6, 6.07) is 5.04. The molecule has 0 fully saturated rings. The maximum Gasteiger partial charge on any atom is 0.237 e. The Labute approximate surface area is 156 Å². The largest absolute Gasteiger partial charge is 0.495 e. The van der Waals surface area contributed by atoms with Gasteiger partial charge in [0.05, 0.1) is 18.0 Å². The first kappa shape index (κ1) is 19.4. The number of hydrogen-bond acceptors (Lipinski definition) is 6. The SMILES string of the molecule is CCCCc1nnc(S[C@@H](C)C(=O)Nc2cc(Cl)ccc2OC)n1N. The molecule has 1 amide bonds. The van der Waals surface area contributed by atoms with Crippen LogP contribution in [-0.4, -0.2) is 33.1 Å². The zero-order valence-electron chi connectivity index (χ0n) is 14.5. The fourth-order valence-electron chi connectivity index (χ4n) is 2.12. The second-order valence-electron chi connectivity index (χ2n) is 5.47. The fourth-order valence-corrected chi connectivity index (χ4v) is 3.08. The number of nitrogen functional groups attached to an aromatic ring is 1. The van der Waals surface area contributed by atoms with E-state index in [1.165, 1.54) is 23.5 Å². The minimum atomic E-state index is -0.422. The number of rotatable bonds is 8. The molecule has 0 saturated carbocycles. The van der Waals surface area contributed by atoms with Gasteiger partial charge >= 0.3 is 0 Å². The van der Waals surface area contributed by atoms with Gasteiger partial charge in [0.15, 0.2) is 5.82 Å². The van der Waals surface area contributed by atoms with Crippen LogP contribution >= 0.6 is 23.4 Å². The van der Waals surface area contributed by atoms with Crippen LogP contribution in [0.1, 0.15) is 32.5 Å². The summed E-state index contributed by atoms with van der Waals surface area (Å²) in [5.41, 5.74) is 0.519. The Kier molecular flexibility index (Phi) is 6.95. The Morgan fingerprint density at radius 3 is 2.92 bits per heavy atom. The van der Waals surface area contributed by atoms with Crippen LogP contribution < -0.4 is 15.9 Å². The van der Waals surface area contributed by atoms with E-state index in [2.05, 4.69) is 22.4 Å². The Morgan fingerprint density at radius 1 is 1.48 bits per heavy atom. The van der Waals surface area contributed by atoms with Crippen LogP contribution in [0.25, 0.3) is 0 Å². The van der Waals surface area contributed by atoms with Crippen LogP contribution in [0.2, 0.25) is 5.02 Å². The van der Waals surface area contributed by atoms with Crippen molar-refractivity contribution in [3.05, 3.63) is 29.0 Å². The lowest BCUT2D eigenvalue weighted by atomic mass is 10.2. The molecule has 136 valence electrons. The number of halogens is 1. The molecular weight excluding hydrogens is 362 g/mol. The van der Waals surface area contributed by atoms with E-state index < -0.39 is 5.25 Å². The lowest BCUT2D eigenvalue weighted by Gasteiger charge is -2.14. The topological polar surface area (TPSA) is 95.1 Å². The molecule has 3 N–H and O–H groups in total. The minimum absolute atomic E-state index is 0.205. The summed E-state index contributed by atoms with van der Waals surface area (Å²) in [6.45, 7) is 3.88. The minimum Gasteiger partial charge on any atom is -0.495 e. The second kappa shape index (κ2) is 8.96. The molecule has 0 saturated heterocycles. The van der Waals surface area contributed by atoms with Gasteiger partial charge in [-0.15, -0.1) is 10.2 Å². The smallest absolute Gasteiger partial charge is 0.237 e. The number of hydrogen-bond donors (Lipinski definition) is 2. The van der Waals surface area contributed by atoms with Crippen LogP contribution in [0.4, 0.5) is 5.69 Å². The maximum atomic E-state index is 12.5. The molecule has 25 heavy (non-hydrogen) atoms. The summed E-state index contributed by atoms with van der Waals surface area (Å²) in [6.07, 6.45) is 2.81. The van der Waals surface area contributed by atoms with Crippen molar-refractivity contribution in [1.29, 1.82) is 0 Å². The van der Waals surface area contributed by atoms with E-state index in [0.717, 1.165) is 19.3 Å². The number of nitrogens with zero attached hydrogens (tertiary/aromatic N) is 3. The predicted molar refractivity (Wildman–Crippen MR) is 101 cm³/mol. The molecule has 0 radical (unpaired) electrons. The number of aryl methyl sites for hydroxylation is 1. The molecule has 0 bridgehead atoms. The number of unbranched alkanes of at least 4 members (excludes halogenated alkanes) is 1. The van der Waals surface area contributed by atoms with Crippen molar-refractivity contribution >= 4 is 35.0 Å². The van der Waals surface area contributed by atoms with Gasteiger partial charge in [-0.1, -0.05) is 36.7 Å². The van der Waals surface area contributed by atoms with E-state index >= 15 is 0 Å². The third-order valence-corrected chi connectivity index (χ3v) is 4.85. The summed E-state index contributed by atoms with van der Waals surface area (Å²) in [5, 5.41) is 11.6. The summed E-state index contributed by atoms with van der Waals surface area (Å²) < 4.78 is 6.68. The molecule has 9 heteroatoms. The van der Waals surface area contributed by atoms with E-state index in [-0.39, 0.29) is 5.91 Å². The number of ether oxygens (including phenoxy) is 1. The third-order valence-electron chi connectivity index (χ3n) is 3.56. The first-order chi connectivity index (χ1) is 12.0. The molecule has 2 aromatic rings. The Bertz CT molecular complexity index is 737. The van der Waals surface area contributed by atoms with Crippen molar-refractivity contribution < 1.29 is 9.53 Å². The number of methoxy groups -OCH3 is 1. The molecule has 0 spiro atoms. The number of thioether (sulfide) groups is 1. The first-order valence-electron chi connectivity index (χ1n) is 7.96. The number of nitrogens with one attached hydrogen (secondary N) is 1. The van der Waals surface area contributed by atoms with Crippen molar-refractivity contribution in [2.45, 2.75) is 43.5 Å². The third kappa shape index (κ3) is 5.02. The van der Waals surface area contributed by atoms with E-state index in [4.69, 9.17) is 22.2 Å². The number of aromatic nitrogens is 3. The van der Waals surface area contributed by atoms with Gasteiger partial charge < -0.3 is 15.9 Å². The second-order valence-corrected chi connectivity index (χ2v) is 7.21. The van der Waals surface area contributed by atoms with Crippen molar-refractivity contribution in [2.75, 3.05) is 18.3 Å². The summed E-state index contributed by atoms with van der Waals surface area (Å²) in [4.78, 5) is 12.5. The molecule has 0 unspecified atom stereocenters.